The summed E-state index contributed by atoms with van der Waals surface area (Å²) < 4.78 is 101. The zero-order valence-electron chi connectivity index (χ0n) is 5.95. The van der Waals surface area contributed by atoms with Crippen LogP contribution in [0.5, 0.6) is 0 Å². The molecule has 0 aliphatic rings. The summed E-state index contributed by atoms with van der Waals surface area (Å²) in [7, 11) is -6.35. The van der Waals surface area contributed by atoms with Crippen LogP contribution in [0.4, 0.5) is 30.7 Å². The van der Waals surface area contributed by atoms with Gasteiger partial charge >= 0.3 is 17.4 Å². The number of hydrogen-bond acceptors (Lipinski definition) is 2. The standard InChI is InChI=1S/C3H2F7NO2S/c4-1(5,2(6,7)8)3(9,10)14(11,12)13/h(H2,11,12,13). The van der Waals surface area contributed by atoms with Crippen LogP contribution >= 0.6 is 0 Å². The summed E-state index contributed by atoms with van der Waals surface area (Å²) in [4.78, 5) is 0. The minimum atomic E-state index is -6.73. The maximum Gasteiger partial charge on any atom is 0.461 e. The van der Waals surface area contributed by atoms with E-state index in [4.69, 9.17) is 0 Å². The van der Waals surface area contributed by atoms with E-state index in [1.807, 2.05) is 0 Å². The minimum Gasteiger partial charge on any atom is -0.223 e. The lowest BCUT2D eigenvalue weighted by atomic mass is 10.3. The van der Waals surface area contributed by atoms with Crippen molar-refractivity contribution < 1.29 is 39.2 Å². The fourth-order valence-corrected chi connectivity index (χ4v) is 0.817. The second-order valence-electron chi connectivity index (χ2n) is 2.13. The Morgan fingerprint density at radius 2 is 1.14 bits per heavy atom. The smallest absolute Gasteiger partial charge is 0.223 e. The molecule has 0 spiro atoms. The zero-order chi connectivity index (χ0) is 12.0. The summed E-state index contributed by atoms with van der Waals surface area (Å²) in [5.41, 5.74) is 0. The van der Waals surface area contributed by atoms with Crippen LogP contribution < -0.4 is 5.14 Å². The molecule has 0 unspecified atom stereocenters. The predicted molar refractivity (Wildman–Crippen MR) is 29.1 cm³/mol. The fourth-order valence-electron chi connectivity index (χ4n) is 0.344. The Labute approximate surface area is 72.7 Å². The van der Waals surface area contributed by atoms with Gasteiger partial charge in [0.1, 0.15) is 0 Å². The number of rotatable bonds is 2. The Morgan fingerprint density at radius 1 is 0.857 bits per heavy atom. The number of hydrogen-bond donors (Lipinski definition) is 1. The van der Waals surface area contributed by atoms with Crippen molar-refractivity contribution in [1.29, 1.82) is 0 Å². The molecule has 0 aromatic rings. The van der Waals surface area contributed by atoms with E-state index in [1.165, 1.54) is 0 Å². The van der Waals surface area contributed by atoms with E-state index in [9.17, 15) is 39.2 Å². The zero-order valence-corrected chi connectivity index (χ0v) is 6.76. The third-order valence-electron chi connectivity index (χ3n) is 1.08. The van der Waals surface area contributed by atoms with Crippen molar-refractivity contribution in [3.8, 4) is 0 Å². The van der Waals surface area contributed by atoms with Gasteiger partial charge in [0.25, 0.3) is 10.0 Å². The van der Waals surface area contributed by atoms with E-state index in [1.54, 1.807) is 0 Å². The van der Waals surface area contributed by atoms with Crippen molar-refractivity contribution in [1.82, 2.24) is 0 Å². The molecule has 0 aromatic heterocycles. The Balaban J connectivity index is 5.54. The maximum atomic E-state index is 12.0. The Morgan fingerprint density at radius 3 is 1.21 bits per heavy atom. The molecule has 2 N–H and O–H groups in total. The molecule has 0 atom stereocenters. The Bertz CT molecular complexity index is 316. The highest BCUT2D eigenvalue weighted by molar-refractivity contribution is 7.90. The van der Waals surface area contributed by atoms with Gasteiger partial charge in [-0.2, -0.15) is 30.7 Å². The average molecular weight is 249 g/mol. The predicted octanol–water partition coefficient (Wildman–Crippen LogP) is 1.07. The van der Waals surface area contributed by atoms with Gasteiger partial charge in [-0.3, -0.25) is 0 Å². The summed E-state index contributed by atoms with van der Waals surface area (Å²) in [6.07, 6.45) is -6.71. The van der Waals surface area contributed by atoms with Crippen LogP contribution in [0, 0.1) is 0 Å². The third-order valence-corrected chi connectivity index (χ3v) is 2.05. The monoisotopic (exact) mass is 249 g/mol. The van der Waals surface area contributed by atoms with E-state index in [-0.39, 0.29) is 0 Å². The number of primary sulfonamides is 1. The molecule has 0 rings (SSSR count). The van der Waals surface area contributed by atoms with Gasteiger partial charge in [-0.25, -0.2) is 13.6 Å². The first kappa shape index (κ1) is 13.4. The first-order valence-electron chi connectivity index (χ1n) is 2.60. The van der Waals surface area contributed by atoms with Gasteiger partial charge in [0.05, 0.1) is 0 Å². The normalized spacial score (nSPS) is 15.7. The maximum absolute atomic E-state index is 12.0. The second kappa shape index (κ2) is 2.95. The molecule has 0 saturated carbocycles. The van der Waals surface area contributed by atoms with Crippen LogP contribution in [0.2, 0.25) is 0 Å². The molecule has 14 heavy (non-hydrogen) atoms. The lowest BCUT2D eigenvalue weighted by molar-refractivity contribution is -0.332. The Kier molecular flexibility index (Phi) is 2.83. The molecule has 86 valence electrons. The molecule has 0 fully saturated rings. The first-order chi connectivity index (χ1) is 5.75. The van der Waals surface area contributed by atoms with Crippen molar-refractivity contribution >= 4 is 10.0 Å². The summed E-state index contributed by atoms with van der Waals surface area (Å²) in [6, 6.07) is 0. The van der Waals surface area contributed by atoms with Gasteiger partial charge in [-0.15, -0.1) is 0 Å². The van der Waals surface area contributed by atoms with Gasteiger partial charge < -0.3 is 0 Å². The van der Waals surface area contributed by atoms with E-state index >= 15 is 0 Å². The highest BCUT2D eigenvalue weighted by Gasteiger charge is 2.78. The number of nitrogens with two attached hydrogens (primary N) is 1. The van der Waals surface area contributed by atoms with Crippen LogP contribution in [0.3, 0.4) is 0 Å². The van der Waals surface area contributed by atoms with Crippen molar-refractivity contribution in [2.24, 2.45) is 5.14 Å². The van der Waals surface area contributed by atoms with E-state index in [2.05, 4.69) is 5.14 Å². The second-order valence-corrected chi connectivity index (χ2v) is 3.74. The molecule has 0 amide bonds. The summed E-state index contributed by atoms with van der Waals surface area (Å²) in [6.45, 7) is 0. The van der Waals surface area contributed by atoms with Crippen LogP contribution in [0.1, 0.15) is 0 Å². The third kappa shape index (κ3) is 1.78. The number of halogens is 7. The SMILES string of the molecule is NS(=O)(=O)C(F)(F)C(F)(F)C(F)(F)F. The van der Waals surface area contributed by atoms with Crippen molar-refractivity contribution in [2.75, 3.05) is 0 Å². The molecule has 0 saturated heterocycles. The van der Waals surface area contributed by atoms with Gasteiger partial charge in [-0.05, 0) is 0 Å². The Hall–Kier alpha value is -0.580. The molecule has 0 heterocycles. The van der Waals surface area contributed by atoms with Crippen LogP contribution in [-0.2, 0) is 10.0 Å². The molecule has 0 radical (unpaired) electrons. The first-order valence-corrected chi connectivity index (χ1v) is 4.14. The van der Waals surface area contributed by atoms with Crippen LogP contribution in [0.25, 0.3) is 0 Å². The largest absolute Gasteiger partial charge is 0.461 e. The quantitative estimate of drug-likeness (QED) is 0.744. The number of alkyl halides is 7. The molecule has 0 aliphatic carbocycles. The molecule has 0 aliphatic heterocycles. The van der Waals surface area contributed by atoms with Gasteiger partial charge in [0, 0.05) is 0 Å². The minimum absolute atomic E-state index is 3.54. The molecular formula is C3H2F7NO2S. The fraction of sp³-hybridized carbons (Fsp3) is 1.00. The van der Waals surface area contributed by atoms with E-state index in [0.717, 1.165) is 0 Å². The van der Waals surface area contributed by atoms with Crippen LogP contribution in [-0.4, -0.2) is 25.8 Å². The summed E-state index contributed by atoms with van der Waals surface area (Å²) >= 11 is 0. The van der Waals surface area contributed by atoms with Gasteiger partial charge in [0.2, 0.25) is 0 Å². The van der Waals surface area contributed by atoms with E-state index in [0.29, 0.717) is 0 Å². The topological polar surface area (TPSA) is 60.2 Å². The summed E-state index contributed by atoms with van der Waals surface area (Å²) in [5, 5.41) is -2.85. The van der Waals surface area contributed by atoms with Gasteiger partial charge in [-0.1, -0.05) is 0 Å². The van der Waals surface area contributed by atoms with Crippen molar-refractivity contribution in [2.45, 2.75) is 17.4 Å². The lowest BCUT2D eigenvalue weighted by Crippen LogP contribution is -2.57. The molecule has 0 bridgehead atoms. The highest BCUT2D eigenvalue weighted by Crippen LogP contribution is 2.48. The molecule has 3 nitrogen and oxygen atoms in total. The van der Waals surface area contributed by atoms with Crippen molar-refractivity contribution in [3.63, 3.8) is 0 Å². The molecule has 0 aromatic carbocycles. The van der Waals surface area contributed by atoms with Gasteiger partial charge in [0.15, 0.2) is 0 Å². The molecule has 11 heteroatoms. The average Bonchev–Trinajstić information content (AvgIpc) is 1.81. The molecular weight excluding hydrogens is 247 g/mol. The van der Waals surface area contributed by atoms with Crippen molar-refractivity contribution in [3.05, 3.63) is 0 Å². The van der Waals surface area contributed by atoms with E-state index < -0.39 is 27.4 Å². The lowest BCUT2D eigenvalue weighted by Gasteiger charge is -2.25. The highest BCUT2D eigenvalue weighted by atomic mass is 32.2. The number of sulfonamides is 1. The van der Waals surface area contributed by atoms with Crippen LogP contribution in [0.15, 0.2) is 0 Å². The summed E-state index contributed by atoms with van der Waals surface area (Å²) in [5.74, 6) is -6.73.